The smallest absolute Gasteiger partial charge is 0.0810 e. The molecule has 2 aliphatic carbocycles. The average Bonchev–Trinajstić information content (AvgIpc) is 3.23. The van der Waals surface area contributed by atoms with Gasteiger partial charge < -0.3 is 14.8 Å². The zero-order chi connectivity index (χ0) is 14.9. The summed E-state index contributed by atoms with van der Waals surface area (Å²) in [5.74, 6) is 0.871. The topological polar surface area (TPSA) is 30.5 Å². The molecule has 1 heterocycles. The van der Waals surface area contributed by atoms with Crippen LogP contribution in [0.3, 0.4) is 0 Å². The van der Waals surface area contributed by atoms with Gasteiger partial charge in [0, 0.05) is 12.6 Å². The monoisotopic (exact) mass is 295 g/mol. The minimum Gasteiger partial charge on any atom is -0.375 e. The van der Waals surface area contributed by atoms with Crippen LogP contribution in [-0.2, 0) is 9.47 Å². The van der Waals surface area contributed by atoms with E-state index in [4.69, 9.17) is 9.47 Å². The second-order valence-corrected chi connectivity index (χ2v) is 7.99. The number of hydrogen-bond acceptors (Lipinski definition) is 3. The average molecular weight is 295 g/mol. The first-order valence-corrected chi connectivity index (χ1v) is 9.11. The predicted molar refractivity (Wildman–Crippen MR) is 85.5 cm³/mol. The van der Waals surface area contributed by atoms with Crippen LogP contribution in [0.4, 0.5) is 0 Å². The molecule has 3 aliphatic rings. The van der Waals surface area contributed by atoms with Gasteiger partial charge in [0.1, 0.15) is 0 Å². The molecule has 1 aliphatic heterocycles. The van der Waals surface area contributed by atoms with Crippen LogP contribution in [0.1, 0.15) is 72.1 Å². The number of hydrogen-bond donors (Lipinski definition) is 1. The van der Waals surface area contributed by atoms with Gasteiger partial charge in [-0.1, -0.05) is 6.92 Å². The SMILES string of the molecule is CC1CCC(CNC2CC2)(OC2CC(C)OC(C)C2)CC1. The van der Waals surface area contributed by atoms with Gasteiger partial charge in [-0.25, -0.2) is 0 Å². The summed E-state index contributed by atoms with van der Waals surface area (Å²) in [6, 6.07) is 0.775. The fraction of sp³-hybridized carbons (Fsp3) is 1.00. The summed E-state index contributed by atoms with van der Waals surface area (Å²) in [6.45, 7) is 7.81. The molecular weight excluding hydrogens is 262 g/mol. The first-order chi connectivity index (χ1) is 10.0. The molecule has 2 atom stereocenters. The Labute approximate surface area is 130 Å². The van der Waals surface area contributed by atoms with E-state index in [1.165, 1.54) is 38.5 Å². The number of ether oxygens (including phenoxy) is 2. The zero-order valence-corrected chi connectivity index (χ0v) is 14.1. The maximum absolute atomic E-state index is 6.74. The fourth-order valence-corrected chi connectivity index (χ4v) is 4.04. The Morgan fingerprint density at radius 2 is 1.62 bits per heavy atom. The highest BCUT2D eigenvalue weighted by atomic mass is 16.5. The minimum atomic E-state index is 0.0938. The van der Waals surface area contributed by atoms with Crippen molar-refractivity contribution < 1.29 is 9.47 Å². The Morgan fingerprint density at radius 1 is 1.00 bits per heavy atom. The van der Waals surface area contributed by atoms with Crippen molar-refractivity contribution in [2.24, 2.45) is 5.92 Å². The summed E-state index contributed by atoms with van der Waals surface area (Å²) < 4.78 is 12.6. The standard InChI is InChI=1S/C18H33NO2/c1-13-6-8-18(9-7-13,12-19-16-4-5-16)21-17-10-14(2)20-15(3)11-17/h13-17,19H,4-12H2,1-3H3. The molecular formula is C18H33NO2. The van der Waals surface area contributed by atoms with Gasteiger partial charge in [0.05, 0.1) is 23.9 Å². The quantitative estimate of drug-likeness (QED) is 0.839. The lowest BCUT2D eigenvalue weighted by Crippen LogP contribution is -2.50. The van der Waals surface area contributed by atoms with Gasteiger partial charge in [-0.3, -0.25) is 0 Å². The highest BCUT2D eigenvalue weighted by molar-refractivity contribution is 4.93. The Bertz CT molecular complexity index is 324. The van der Waals surface area contributed by atoms with Crippen molar-refractivity contribution in [1.29, 1.82) is 0 Å². The third-order valence-corrected chi connectivity index (χ3v) is 5.55. The lowest BCUT2D eigenvalue weighted by Gasteiger charge is -2.44. The normalized spacial score (nSPS) is 44.7. The van der Waals surface area contributed by atoms with E-state index in [9.17, 15) is 0 Å². The van der Waals surface area contributed by atoms with Crippen molar-refractivity contribution >= 4 is 0 Å². The van der Waals surface area contributed by atoms with Gasteiger partial charge in [-0.05, 0) is 71.1 Å². The Morgan fingerprint density at radius 3 is 2.19 bits per heavy atom. The van der Waals surface area contributed by atoms with Crippen molar-refractivity contribution in [2.45, 2.75) is 102 Å². The van der Waals surface area contributed by atoms with E-state index >= 15 is 0 Å². The number of nitrogens with one attached hydrogen (secondary N) is 1. The molecule has 21 heavy (non-hydrogen) atoms. The van der Waals surface area contributed by atoms with Gasteiger partial charge in [0.2, 0.25) is 0 Å². The summed E-state index contributed by atoms with van der Waals surface area (Å²) in [7, 11) is 0. The lowest BCUT2D eigenvalue weighted by atomic mass is 9.79. The molecule has 0 aromatic rings. The van der Waals surface area contributed by atoms with Crippen LogP contribution in [0, 0.1) is 5.92 Å². The molecule has 0 bridgehead atoms. The summed E-state index contributed by atoms with van der Waals surface area (Å²) in [6.07, 6.45) is 11.0. The Balaban J connectivity index is 1.60. The maximum atomic E-state index is 6.74. The third-order valence-electron chi connectivity index (χ3n) is 5.55. The van der Waals surface area contributed by atoms with E-state index in [-0.39, 0.29) is 5.60 Å². The molecule has 0 aromatic heterocycles. The van der Waals surface area contributed by atoms with Crippen LogP contribution in [0.25, 0.3) is 0 Å². The molecule has 0 spiro atoms. The van der Waals surface area contributed by atoms with Gasteiger partial charge in [0.15, 0.2) is 0 Å². The lowest BCUT2D eigenvalue weighted by molar-refractivity contribution is -0.169. The van der Waals surface area contributed by atoms with E-state index in [0.717, 1.165) is 31.3 Å². The van der Waals surface area contributed by atoms with Crippen molar-refractivity contribution in [3.8, 4) is 0 Å². The van der Waals surface area contributed by atoms with Crippen molar-refractivity contribution in [1.82, 2.24) is 5.32 Å². The van der Waals surface area contributed by atoms with E-state index in [1.807, 2.05) is 0 Å². The summed E-state index contributed by atoms with van der Waals surface area (Å²) in [5, 5.41) is 3.74. The van der Waals surface area contributed by atoms with Crippen LogP contribution in [-0.4, -0.2) is 36.5 Å². The molecule has 1 saturated heterocycles. The highest BCUT2D eigenvalue weighted by Crippen LogP contribution is 2.38. The van der Waals surface area contributed by atoms with Gasteiger partial charge in [0.25, 0.3) is 0 Å². The molecule has 0 radical (unpaired) electrons. The molecule has 122 valence electrons. The Hall–Kier alpha value is -0.120. The van der Waals surface area contributed by atoms with Crippen LogP contribution < -0.4 is 5.32 Å². The maximum Gasteiger partial charge on any atom is 0.0810 e. The van der Waals surface area contributed by atoms with Gasteiger partial charge in [-0.2, -0.15) is 0 Å². The van der Waals surface area contributed by atoms with Gasteiger partial charge in [-0.15, -0.1) is 0 Å². The van der Waals surface area contributed by atoms with Gasteiger partial charge >= 0.3 is 0 Å². The molecule has 0 aromatic carbocycles. The van der Waals surface area contributed by atoms with Crippen LogP contribution in [0.5, 0.6) is 0 Å². The van der Waals surface area contributed by atoms with E-state index in [1.54, 1.807) is 0 Å². The van der Waals surface area contributed by atoms with Crippen LogP contribution in [0.15, 0.2) is 0 Å². The molecule has 0 amide bonds. The Kier molecular flexibility index (Phi) is 4.92. The molecule has 2 saturated carbocycles. The second kappa shape index (κ2) is 6.55. The van der Waals surface area contributed by atoms with E-state index < -0.39 is 0 Å². The molecule has 3 heteroatoms. The van der Waals surface area contributed by atoms with Crippen molar-refractivity contribution in [3.05, 3.63) is 0 Å². The number of rotatable bonds is 5. The first-order valence-electron chi connectivity index (χ1n) is 9.11. The van der Waals surface area contributed by atoms with E-state index in [0.29, 0.717) is 18.3 Å². The van der Waals surface area contributed by atoms with E-state index in [2.05, 4.69) is 26.1 Å². The molecule has 1 N–H and O–H groups in total. The molecule has 2 unspecified atom stereocenters. The minimum absolute atomic E-state index is 0.0938. The largest absolute Gasteiger partial charge is 0.375 e. The summed E-state index contributed by atoms with van der Waals surface area (Å²) in [5.41, 5.74) is 0.0938. The summed E-state index contributed by atoms with van der Waals surface area (Å²) >= 11 is 0. The van der Waals surface area contributed by atoms with Crippen molar-refractivity contribution in [2.75, 3.05) is 6.54 Å². The fourth-order valence-electron chi connectivity index (χ4n) is 4.04. The molecule has 3 rings (SSSR count). The summed E-state index contributed by atoms with van der Waals surface area (Å²) in [4.78, 5) is 0. The van der Waals surface area contributed by atoms with Crippen molar-refractivity contribution in [3.63, 3.8) is 0 Å². The predicted octanol–water partition coefficient (Wildman–Crippen LogP) is 3.66. The molecule has 3 fully saturated rings. The van der Waals surface area contributed by atoms with Crippen LogP contribution >= 0.6 is 0 Å². The third kappa shape index (κ3) is 4.43. The highest BCUT2D eigenvalue weighted by Gasteiger charge is 2.40. The second-order valence-electron chi connectivity index (χ2n) is 7.99. The molecule has 3 nitrogen and oxygen atoms in total. The first kappa shape index (κ1) is 15.8. The zero-order valence-electron chi connectivity index (χ0n) is 14.1. The van der Waals surface area contributed by atoms with Crippen LogP contribution in [0.2, 0.25) is 0 Å².